The number of hydrogen-bond donors (Lipinski definition) is 0. The summed E-state index contributed by atoms with van der Waals surface area (Å²) in [7, 11) is 0. The number of rotatable bonds is 6. The Morgan fingerprint density at radius 2 is 1.94 bits per heavy atom. The molecule has 1 rings (SSSR count). The summed E-state index contributed by atoms with van der Waals surface area (Å²) in [5.74, 6) is 0. The number of ether oxygens (including phenoxy) is 3. The largest absolute Gasteiger partial charge is 0.380 e. The summed E-state index contributed by atoms with van der Waals surface area (Å²) < 4.78 is 16.6. The van der Waals surface area contributed by atoms with Gasteiger partial charge in [0.15, 0.2) is 6.29 Å². The lowest BCUT2D eigenvalue weighted by Crippen LogP contribution is -2.41. The van der Waals surface area contributed by atoms with E-state index in [-0.39, 0.29) is 6.29 Å². The second kappa shape index (κ2) is 8.01. The summed E-state index contributed by atoms with van der Waals surface area (Å²) >= 11 is 0. The Bertz CT molecular complexity index is 172. The van der Waals surface area contributed by atoms with Gasteiger partial charge in [0.2, 0.25) is 0 Å². The zero-order chi connectivity index (χ0) is 11.8. The number of nitrogens with zero attached hydrogens (tertiary/aromatic N) is 1. The summed E-state index contributed by atoms with van der Waals surface area (Å²) in [6.45, 7) is 11.1. The van der Waals surface area contributed by atoms with Crippen LogP contribution in [-0.4, -0.2) is 56.7 Å². The second-order valence-corrected chi connectivity index (χ2v) is 4.09. The zero-order valence-corrected chi connectivity index (χ0v) is 10.8. The lowest BCUT2D eigenvalue weighted by atomic mass is 10.2. The second-order valence-electron chi connectivity index (χ2n) is 4.09. The minimum absolute atomic E-state index is 0.101. The molecule has 16 heavy (non-hydrogen) atoms. The molecule has 0 aromatic rings. The normalized spacial score (nSPS) is 23.6. The third-order valence-corrected chi connectivity index (χ3v) is 2.91. The molecule has 4 heteroatoms. The fraction of sp³-hybridized carbons (Fsp3) is 1.00. The van der Waals surface area contributed by atoms with Crippen molar-refractivity contribution < 1.29 is 14.2 Å². The Morgan fingerprint density at radius 3 is 2.56 bits per heavy atom. The van der Waals surface area contributed by atoms with Crippen LogP contribution in [0.25, 0.3) is 0 Å². The monoisotopic (exact) mass is 231 g/mol. The van der Waals surface area contributed by atoms with Crippen LogP contribution in [0.3, 0.4) is 0 Å². The third-order valence-electron chi connectivity index (χ3n) is 2.91. The first kappa shape index (κ1) is 13.9. The van der Waals surface area contributed by atoms with E-state index in [1.54, 1.807) is 0 Å². The van der Waals surface area contributed by atoms with Crippen LogP contribution in [0.1, 0.15) is 27.2 Å². The molecule has 0 N–H and O–H groups in total. The van der Waals surface area contributed by atoms with Crippen molar-refractivity contribution in [2.75, 3.05) is 39.5 Å². The minimum Gasteiger partial charge on any atom is -0.380 e. The molecule has 96 valence electrons. The molecule has 0 unspecified atom stereocenters. The highest BCUT2D eigenvalue weighted by atomic mass is 16.7. The topological polar surface area (TPSA) is 30.9 Å². The lowest BCUT2D eigenvalue weighted by Gasteiger charge is -2.29. The first-order chi connectivity index (χ1) is 7.77. The van der Waals surface area contributed by atoms with Crippen LogP contribution in [0.4, 0.5) is 0 Å². The minimum atomic E-state index is -0.101. The van der Waals surface area contributed by atoms with Crippen LogP contribution in [0, 0.1) is 0 Å². The molecule has 0 radical (unpaired) electrons. The maximum atomic E-state index is 5.57. The highest BCUT2D eigenvalue weighted by Gasteiger charge is 2.21. The first-order valence-electron chi connectivity index (χ1n) is 6.32. The Balaban J connectivity index is 2.40. The molecule has 4 nitrogen and oxygen atoms in total. The van der Waals surface area contributed by atoms with Gasteiger partial charge in [-0.1, -0.05) is 0 Å². The average molecular weight is 231 g/mol. The van der Waals surface area contributed by atoms with Crippen molar-refractivity contribution in [2.24, 2.45) is 0 Å². The van der Waals surface area contributed by atoms with Gasteiger partial charge in [-0.2, -0.15) is 0 Å². The van der Waals surface area contributed by atoms with Crippen LogP contribution in [0.15, 0.2) is 0 Å². The fourth-order valence-corrected chi connectivity index (χ4v) is 1.93. The predicted octanol–water partition coefficient (Wildman–Crippen LogP) is 1.50. The van der Waals surface area contributed by atoms with E-state index >= 15 is 0 Å². The van der Waals surface area contributed by atoms with Crippen LogP contribution >= 0.6 is 0 Å². The highest BCUT2D eigenvalue weighted by Crippen LogP contribution is 2.10. The fourth-order valence-electron chi connectivity index (χ4n) is 1.93. The van der Waals surface area contributed by atoms with Crippen molar-refractivity contribution in [3.05, 3.63) is 0 Å². The molecule has 0 saturated carbocycles. The number of hydrogen-bond acceptors (Lipinski definition) is 4. The molecule has 1 atom stereocenters. The van der Waals surface area contributed by atoms with Gasteiger partial charge in [-0.05, 0) is 27.2 Å². The summed E-state index contributed by atoms with van der Waals surface area (Å²) in [4.78, 5) is 2.39. The van der Waals surface area contributed by atoms with Gasteiger partial charge in [-0.15, -0.1) is 0 Å². The molecule has 0 aliphatic carbocycles. The molecule has 1 fully saturated rings. The van der Waals surface area contributed by atoms with E-state index < -0.39 is 0 Å². The smallest absolute Gasteiger partial charge is 0.170 e. The van der Waals surface area contributed by atoms with E-state index in [0.717, 1.165) is 32.7 Å². The van der Waals surface area contributed by atoms with Crippen LogP contribution in [0.5, 0.6) is 0 Å². The predicted molar refractivity (Wildman–Crippen MR) is 63.5 cm³/mol. The van der Waals surface area contributed by atoms with E-state index in [9.17, 15) is 0 Å². The van der Waals surface area contributed by atoms with Gasteiger partial charge in [0.1, 0.15) is 0 Å². The van der Waals surface area contributed by atoms with E-state index in [0.29, 0.717) is 19.3 Å². The summed E-state index contributed by atoms with van der Waals surface area (Å²) in [5.41, 5.74) is 0. The summed E-state index contributed by atoms with van der Waals surface area (Å²) in [5, 5.41) is 0. The third kappa shape index (κ3) is 4.78. The molecule has 1 heterocycles. The zero-order valence-electron chi connectivity index (χ0n) is 10.8. The van der Waals surface area contributed by atoms with Gasteiger partial charge in [0.25, 0.3) is 0 Å². The van der Waals surface area contributed by atoms with Crippen LogP contribution < -0.4 is 0 Å². The van der Waals surface area contributed by atoms with Crippen molar-refractivity contribution in [2.45, 2.75) is 39.5 Å². The van der Waals surface area contributed by atoms with Gasteiger partial charge >= 0.3 is 0 Å². The molecule has 0 bridgehead atoms. The van der Waals surface area contributed by atoms with Gasteiger partial charge in [-0.3, -0.25) is 4.90 Å². The van der Waals surface area contributed by atoms with Gasteiger partial charge in [0, 0.05) is 39.0 Å². The Labute approximate surface area is 98.8 Å². The Hall–Kier alpha value is -0.160. The van der Waals surface area contributed by atoms with E-state index in [4.69, 9.17) is 14.2 Å². The molecule has 0 aromatic carbocycles. The van der Waals surface area contributed by atoms with E-state index in [1.165, 1.54) is 0 Å². The van der Waals surface area contributed by atoms with Gasteiger partial charge in [0.05, 0.1) is 6.61 Å². The molecule has 0 aromatic heterocycles. The molecule has 0 spiro atoms. The average Bonchev–Trinajstić information content (AvgIpc) is 2.45. The van der Waals surface area contributed by atoms with Crippen molar-refractivity contribution in [1.82, 2.24) is 4.90 Å². The summed E-state index contributed by atoms with van der Waals surface area (Å²) in [6, 6.07) is 0.547. The first-order valence-corrected chi connectivity index (χ1v) is 6.32. The highest BCUT2D eigenvalue weighted by molar-refractivity contribution is 4.71. The van der Waals surface area contributed by atoms with Crippen molar-refractivity contribution in [3.8, 4) is 0 Å². The molecule has 1 saturated heterocycles. The quantitative estimate of drug-likeness (QED) is 0.648. The molecular formula is C12H25NO3. The lowest BCUT2D eigenvalue weighted by molar-refractivity contribution is -0.149. The van der Waals surface area contributed by atoms with Crippen molar-refractivity contribution >= 4 is 0 Å². The van der Waals surface area contributed by atoms with E-state index in [1.807, 2.05) is 13.8 Å². The van der Waals surface area contributed by atoms with Crippen LogP contribution in [0.2, 0.25) is 0 Å². The molecular weight excluding hydrogens is 206 g/mol. The maximum absolute atomic E-state index is 5.57. The molecule has 0 amide bonds. The Morgan fingerprint density at radius 1 is 1.25 bits per heavy atom. The standard InChI is InChI=1S/C12H25NO3/c1-4-15-12(16-5-2)10-13-7-9-14-8-6-11(13)3/h11-12H,4-10H2,1-3H3/t11-/m0/s1. The van der Waals surface area contributed by atoms with Gasteiger partial charge < -0.3 is 14.2 Å². The van der Waals surface area contributed by atoms with E-state index in [2.05, 4.69) is 11.8 Å². The molecule has 1 aliphatic heterocycles. The Kier molecular flexibility index (Phi) is 6.96. The SMILES string of the molecule is CCOC(CN1CCOCC[C@@H]1C)OCC. The van der Waals surface area contributed by atoms with Crippen LogP contribution in [-0.2, 0) is 14.2 Å². The molecule has 1 aliphatic rings. The van der Waals surface area contributed by atoms with Crippen molar-refractivity contribution in [3.63, 3.8) is 0 Å². The van der Waals surface area contributed by atoms with Gasteiger partial charge in [-0.25, -0.2) is 0 Å². The van der Waals surface area contributed by atoms with Crippen molar-refractivity contribution in [1.29, 1.82) is 0 Å². The maximum Gasteiger partial charge on any atom is 0.170 e. The summed E-state index contributed by atoms with van der Waals surface area (Å²) in [6.07, 6.45) is 0.987.